The van der Waals surface area contributed by atoms with Crippen molar-refractivity contribution < 1.29 is 14.6 Å². The van der Waals surface area contributed by atoms with Crippen molar-refractivity contribution in [3.63, 3.8) is 0 Å². The predicted molar refractivity (Wildman–Crippen MR) is 102 cm³/mol. The van der Waals surface area contributed by atoms with Crippen molar-refractivity contribution in [2.75, 3.05) is 7.11 Å². The number of nitrogens with zero attached hydrogens (tertiary/aromatic N) is 3. The highest BCUT2D eigenvalue weighted by molar-refractivity contribution is 6.30. The number of hydrogen-bond acceptors (Lipinski definition) is 4. The molecule has 27 heavy (non-hydrogen) atoms. The summed E-state index contributed by atoms with van der Waals surface area (Å²) < 4.78 is 6.91. The Morgan fingerprint density at radius 2 is 1.85 bits per heavy atom. The van der Waals surface area contributed by atoms with Crippen LogP contribution in [0.5, 0.6) is 5.75 Å². The molecule has 0 bridgehead atoms. The summed E-state index contributed by atoms with van der Waals surface area (Å²) in [6, 6.07) is 17.9. The van der Waals surface area contributed by atoms with Crippen LogP contribution in [0.4, 0.5) is 0 Å². The highest BCUT2D eigenvalue weighted by Crippen LogP contribution is 2.28. The van der Waals surface area contributed by atoms with E-state index in [1.54, 1.807) is 29.8 Å². The molecule has 1 N–H and O–H groups in total. The molecule has 4 rings (SSSR count). The van der Waals surface area contributed by atoms with Gasteiger partial charge in [0.15, 0.2) is 11.3 Å². The summed E-state index contributed by atoms with van der Waals surface area (Å²) in [6.45, 7) is 0. The number of carboxylic acids is 1. The van der Waals surface area contributed by atoms with Gasteiger partial charge in [-0.2, -0.15) is 5.10 Å². The molecule has 4 aromatic rings. The molecule has 0 fully saturated rings. The lowest BCUT2D eigenvalue weighted by Crippen LogP contribution is -2.05. The lowest BCUT2D eigenvalue weighted by Gasteiger charge is -2.08. The van der Waals surface area contributed by atoms with Crippen LogP contribution in [0.2, 0.25) is 5.02 Å². The molecule has 2 aromatic carbocycles. The van der Waals surface area contributed by atoms with Crippen molar-refractivity contribution in [3.8, 4) is 28.3 Å². The van der Waals surface area contributed by atoms with Crippen molar-refractivity contribution in [1.82, 2.24) is 14.6 Å². The molecule has 0 aliphatic rings. The number of carbonyl (C=O) groups is 1. The van der Waals surface area contributed by atoms with Gasteiger partial charge in [0.05, 0.1) is 18.5 Å². The average molecular weight is 380 g/mol. The molecule has 7 heteroatoms. The molecule has 0 spiro atoms. The Morgan fingerprint density at radius 1 is 1.07 bits per heavy atom. The van der Waals surface area contributed by atoms with E-state index in [1.165, 1.54) is 6.07 Å². The zero-order valence-corrected chi connectivity index (χ0v) is 15.0. The molecule has 0 aliphatic carbocycles. The highest BCUT2D eigenvalue weighted by atomic mass is 35.5. The zero-order valence-electron chi connectivity index (χ0n) is 14.3. The third-order valence-electron chi connectivity index (χ3n) is 4.15. The molecule has 0 amide bonds. The Kier molecular flexibility index (Phi) is 4.25. The Labute approximate surface area is 159 Å². The topological polar surface area (TPSA) is 76.7 Å². The van der Waals surface area contributed by atoms with Crippen molar-refractivity contribution in [2.24, 2.45) is 0 Å². The predicted octanol–water partition coefficient (Wildman–Crippen LogP) is 4.42. The summed E-state index contributed by atoms with van der Waals surface area (Å²) in [4.78, 5) is 15.7. The average Bonchev–Trinajstić information content (AvgIpc) is 3.12. The van der Waals surface area contributed by atoms with E-state index in [2.05, 4.69) is 10.1 Å². The van der Waals surface area contributed by atoms with Gasteiger partial charge in [-0.1, -0.05) is 35.9 Å². The molecule has 0 saturated carbocycles. The molecular weight excluding hydrogens is 366 g/mol. The smallest absolute Gasteiger partial charge is 0.354 e. The minimum Gasteiger partial charge on any atom is -0.497 e. The second kappa shape index (κ2) is 6.74. The van der Waals surface area contributed by atoms with Crippen LogP contribution in [0.3, 0.4) is 0 Å². The maximum atomic E-state index is 11.5. The Balaban J connectivity index is 1.95. The first kappa shape index (κ1) is 17.1. The van der Waals surface area contributed by atoms with E-state index in [-0.39, 0.29) is 5.69 Å². The van der Waals surface area contributed by atoms with Crippen LogP contribution in [-0.2, 0) is 0 Å². The fraction of sp³-hybridized carbons (Fsp3) is 0.0500. The Morgan fingerprint density at radius 3 is 2.56 bits per heavy atom. The molecule has 0 saturated heterocycles. The number of rotatable bonds is 4. The van der Waals surface area contributed by atoms with Gasteiger partial charge >= 0.3 is 5.97 Å². The van der Waals surface area contributed by atoms with Gasteiger partial charge in [-0.05, 0) is 30.3 Å². The monoisotopic (exact) mass is 379 g/mol. The van der Waals surface area contributed by atoms with E-state index in [1.807, 2.05) is 36.4 Å². The Hall–Kier alpha value is -3.38. The van der Waals surface area contributed by atoms with Crippen LogP contribution in [0.1, 0.15) is 10.5 Å². The fourth-order valence-electron chi connectivity index (χ4n) is 2.83. The van der Waals surface area contributed by atoms with Gasteiger partial charge in [0.2, 0.25) is 0 Å². The maximum absolute atomic E-state index is 11.5. The Bertz CT molecular complexity index is 1150. The summed E-state index contributed by atoms with van der Waals surface area (Å²) in [5.74, 6) is -0.435. The molecule has 6 nitrogen and oxygen atoms in total. The van der Waals surface area contributed by atoms with Gasteiger partial charge in [0.1, 0.15) is 5.75 Å². The molecule has 0 atom stereocenters. The number of carboxylic acid groups (broad SMARTS) is 1. The number of methoxy groups -OCH3 is 1. The second-order valence-corrected chi connectivity index (χ2v) is 6.31. The van der Waals surface area contributed by atoms with E-state index >= 15 is 0 Å². The number of aromatic carboxylic acids is 1. The van der Waals surface area contributed by atoms with Gasteiger partial charge in [-0.3, -0.25) is 0 Å². The molecular formula is C20H14ClN3O3. The zero-order chi connectivity index (χ0) is 19.0. The second-order valence-electron chi connectivity index (χ2n) is 5.87. The summed E-state index contributed by atoms with van der Waals surface area (Å²) in [5, 5.41) is 14.7. The van der Waals surface area contributed by atoms with E-state index in [9.17, 15) is 9.90 Å². The largest absolute Gasteiger partial charge is 0.497 e. The summed E-state index contributed by atoms with van der Waals surface area (Å²) in [6.07, 6.45) is 0. The standard InChI is InChI=1S/C20H14ClN3O3/c1-27-15-4-2-3-13(9-15)18-10-17(20(25)26)22-19-11-16(23-24(18)19)12-5-7-14(21)8-6-12/h2-11H,1H3,(H,25,26). The van der Waals surface area contributed by atoms with Crippen LogP contribution in [0.15, 0.2) is 60.7 Å². The third kappa shape index (κ3) is 3.22. The lowest BCUT2D eigenvalue weighted by atomic mass is 10.1. The number of ether oxygens (including phenoxy) is 1. The summed E-state index contributed by atoms with van der Waals surface area (Å²) in [5.41, 5.74) is 3.30. The minimum absolute atomic E-state index is 0.0529. The first-order valence-corrected chi connectivity index (χ1v) is 8.47. The first-order chi connectivity index (χ1) is 13.0. The van der Waals surface area contributed by atoms with Gasteiger partial charge in [0.25, 0.3) is 0 Å². The van der Waals surface area contributed by atoms with Crippen molar-refractivity contribution in [2.45, 2.75) is 0 Å². The number of hydrogen-bond donors (Lipinski definition) is 1. The first-order valence-electron chi connectivity index (χ1n) is 8.09. The van der Waals surface area contributed by atoms with Gasteiger partial charge in [-0.25, -0.2) is 14.3 Å². The SMILES string of the molecule is COc1cccc(-c2cc(C(=O)O)nc3cc(-c4ccc(Cl)cc4)nn23)c1. The van der Waals surface area contributed by atoms with Gasteiger partial charge < -0.3 is 9.84 Å². The number of fused-ring (bicyclic) bond motifs is 1. The van der Waals surface area contributed by atoms with Crippen LogP contribution >= 0.6 is 11.6 Å². The van der Waals surface area contributed by atoms with Gasteiger partial charge in [-0.15, -0.1) is 0 Å². The normalized spacial score (nSPS) is 10.9. The number of aromatic nitrogens is 3. The maximum Gasteiger partial charge on any atom is 0.354 e. The lowest BCUT2D eigenvalue weighted by molar-refractivity contribution is 0.0690. The van der Waals surface area contributed by atoms with Crippen LogP contribution < -0.4 is 4.74 Å². The van der Waals surface area contributed by atoms with Crippen LogP contribution in [0, 0.1) is 0 Å². The molecule has 134 valence electrons. The third-order valence-corrected chi connectivity index (χ3v) is 4.40. The highest BCUT2D eigenvalue weighted by Gasteiger charge is 2.16. The summed E-state index contributed by atoms with van der Waals surface area (Å²) >= 11 is 5.95. The van der Waals surface area contributed by atoms with E-state index < -0.39 is 5.97 Å². The van der Waals surface area contributed by atoms with Gasteiger partial charge in [0, 0.05) is 22.2 Å². The molecule has 0 radical (unpaired) electrons. The molecule has 2 heterocycles. The fourth-order valence-corrected chi connectivity index (χ4v) is 2.96. The van der Waals surface area contributed by atoms with Crippen molar-refractivity contribution in [3.05, 3.63) is 71.4 Å². The van der Waals surface area contributed by atoms with E-state index in [4.69, 9.17) is 16.3 Å². The van der Waals surface area contributed by atoms with Crippen LogP contribution in [0.25, 0.3) is 28.2 Å². The van der Waals surface area contributed by atoms with E-state index in [0.29, 0.717) is 27.8 Å². The summed E-state index contributed by atoms with van der Waals surface area (Å²) in [7, 11) is 1.58. The molecule has 2 aromatic heterocycles. The van der Waals surface area contributed by atoms with Crippen LogP contribution in [-0.4, -0.2) is 32.8 Å². The van der Waals surface area contributed by atoms with E-state index in [0.717, 1.165) is 11.1 Å². The molecule has 0 aliphatic heterocycles. The molecule has 0 unspecified atom stereocenters. The van der Waals surface area contributed by atoms with Crippen molar-refractivity contribution >= 4 is 23.2 Å². The number of halogens is 1. The minimum atomic E-state index is -1.10. The van der Waals surface area contributed by atoms with Crippen molar-refractivity contribution in [1.29, 1.82) is 0 Å². The quantitative estimate of drug-likeness (QED) is 0.567. The number of benzene rings is 2.